The quantitative estimate of drug-likeness (QED) is 0.746. The number of pyridine rings is 1. The van der Waals surface area contributed by atoms with Crippen LogP contribution in [-0.4, -0.2) is 15.2 Å². The van der Waals surface area contributed by atoms with Gasteiger partial charge in [-0.1, -0.05) is 36.4 Å². The van der Waals surface area contributed by atoms with Crippen molar-refractivity contribution < 1.29 is 10.2 Å². The fourth-order valence-corrected chi connectivity index (χ4v) is 3.29. The summed E-state index contributed by atoms with van der Waals surface area (Å²) in [6.45, 7) is -0.0259. The molecule has 0 saturated carbocycles. The van der Waals surface area contributed by atoms with Crippen LogP contribution >= 0.6 is 0 Å². The molecule has 0 radical (unpaired) electrons. The van der Waals surface area contributed by atoms with E-state index >= 15 is 0 Å². The number of benzene rings is 2. The summed E-state index contributed by atoms with van der Waals surface area (Å²) >= 11 is 0. The highest BCUT2D eigenvalue weighted by molar-refractivity contribution is 5.78. The van der Waals surface area contributed by atoms with Crippen LogP contribution in [0, 0.1) is 11.3 Å². The zero-order chi connectivity index (χ0) is 18.1. The molecule has 1 aliphatic carbocycles. The van der Waals surface area contributed by atoms with Crippen LogP contribution in [0.15, 0.2) is 54.7 Å². The number of rotatable bonds is 2. The molecule has 4 rings (SSSR count). The zero-order valence-electron chi connectivity index (χ0n) is 13.9. The number of fused-ring (bicyclic) bond motifs is 2. The summed E-state index contributed by atoms with van der Waals surface area (Å²) in [5.41, 5.74) is 5.95. The highest BCUT2D eigenvalue weighted by Gasteiger charge is 2.22. The van der Waals surface area contributed by atoms with Crippen molar-refractivity contribution >= 4 is 12.2 Å². The molecule has 0 amide bonds. The maximum atomic E-state index is 11.0. The molecule has 0 saturated heterocycles. The van der Waals surface area contributed by atoms with E-state index in [9.17, 15) is 15.5 Å². The average Bonchev–Trinajstić information content (AvgIpc) is 2.84. The molecule has 0 spiro atoms. The minimum Gasteiger partial charge on any atom is -0.392 e. The first-order valence-electron chi connectivity index (χ1n) is 8.30. The van der Waals surface area contributed by atoms with Gasteiger partial charge in [-0.3, -0.25) is 4.98 Å². The van der Waals surface area contributed by atoms with Gasteiger partial charge in [0, 0.05) is 17.3 Å². The lowest BCUT2D eigenvalue weighted by Crippen LogP contribution is -2.05. The molecule has 2 N–H and O–H groups in total. The Morgan fingerprint density at radius 1 is 1.00 bits per heavy atom. The van der Waals surface area contributed by atoms with E-state index in [-0.39, 0.29) is 6.61 Å². The number of nitrogens with zero attached hydrogens (tertiary/aromatic N) is 2. The summed E-state index contributed by atoms with van der Waals surface area (Å²) in [6.07, 6.45) is 4.56. The molecule has 1 aromatic heterocycles. The minimum atomic E-state index is -0.864. The Labute approximate surface area is 151 Å². The van der Waals surface area contributed by atoms with Crippen LogP contribution in [0.25, 0.3) is 23.3 Å². The number of hydrogen-bond donors (Lipinski definition) is 2. The lowest BCUT2D eigenvalue weighted by molar-refractivity contribution is 0.219. The Balaban J connectivity index is 1.85. The molecule has 1 atom stereocenters. The summed E-state index contributed by atoms with van der Waals surface area (Å²) < 4.78 is 0. The molecule has 126 valence electrons. The molecule has 4 heteroatoms. The molecule has 0 fully saturated rings. The van der Waals surface area contributed by atoms with E-state index in [0.29, 0.717) is 22.4 Å². The van der Waals surface area contributed by atoms with Crippen molar-refractivity contribution in [3.63, 3.8) is 0 Å². The first kappa shape index (κ1) is 16.2. The van der Waals surface area contributed by atoms with Gasteiger partial charge in [0.2, 0.25) is 0 Å². The van der Waals surface area contributed by atoms with Crippen molar-refractivity contribution in [1.82, 2.24) is 4.98 Å². The van der Waals surface area contributed by atoms with E-state index in [4.69, 9.17) is 0 Å². The number of aliphatic hydroxyl groups is 2. The normalized spacial score (nSPS) is 14.9. The second kappa shape index (κ2) is 6.57. The van der Waals surface area contributed by atoms with Crippen molar-refractivity contribution in [3.8, 4) is 17.2 Å². The SMILES string of the molecule is N#Cc1cccc2c1C=Cc1ncc(-c3cccc(CO)c3)cc1C2O. The Morgan fingerprint density at radius 2 is 1.85 bits per heavy atom. The first-order chi connectivity index (χ1) is 12.7. The van der Waals surface area contributed by atoms with E-state index in [1.807, 2.05) is 48.6 Å². The molecule has 1 unspecified atom stereocenters. The van der Waals surface area contributed by atoms with E-state index in [1.54, 1.807) is 18.3 Å². The molecule has 0 bridgehead atoms. The lowest BCUT2D eigenvalue weighted by atomic mass is 9.94. The van der Waals surface area contributed by atoms with Crippen molar-refractivity contribution in [2.75, 3.05) is 0 Å². The van der Waals surface area contributed by atoms with Crippen molar-refractivity contribution in [2.24, 2.45) is 0 Å². The molecule has 26 heavy (non-hydrogen) atoms. The third-order valence-electron chi connectivity index (χ3n) is 4.65. The van der Waals surface area contributed by atoms with Gasteiger partial charge in [-0.25, -0.2) is 0 Å². The Hall–Kier alpha value is -3.26. The van der Waals surface area contributed by atoms with Gasteiger partial charge in [-0.05, 0) is 46.5 Å². The van der Waals surface area contributed by atoms with Gasteiger partial charge in [-0.2, -0.15) is 5.26 Å². The van der Waals surface area contributed by atoms with Gasteiger partial charge in [0.1, 0.15) is 6.10 Å². The number of aromatic nitrogens is 1. The molecule has 3 aromatic rings. The number of nitriles is 1. The third-order valence-corrected chi connectivity index (χ3v) is 4.65. The predicted octanol–water partition coefficient (Wildman–Crippen LogP) is 3.68. The fourth-order valence-electron chi connectivity index (χ4n) is 3.29. The van der Waals surface area contributed by atoms with Gasteiger partial charge in [0.15, 0.2) is 0 Å². The summed E-state index contributed by atoms with van der Waals surface area (Å²) in [4.78, 5) is 4.51. The zero-order valence-corrected chi connectivity index (χ0v) is 13.9. The van der Waals surface area contributed by atoms with Crippen LogP contribution in [0.5, 0.6) is 0 Å². The largest absolute Gasteiger partial charge is 0.392 e. The van der Waals surface area contributed by atoms with Crippen LogP contribution in [0.3, 0.4) is 0 Å². The van der Waals surface area contributed by atoms with Gasteiger partial charge in [0.05, 0.1) is 23.9 Å². The summed E-state index contributed by atoms with van der Waals surface area (Å²) in [5.74, 6) is 0. The molecule has 1 aliphatic rings. The van der Waals surface area contributed by atoms with Gasteiger partial charge >= 0.3 is 0 Å². The smallest absolute Gasteiger partial charge is 0.107 e. The lowest BCUT2D eigenvalue weighted by Gasteiger charge is -2.16. The molecule has 1 heterocycles. The summed E-state index contributed by atoms with van der Waals surface area (Å²) in [6, 6.07) is 17.0. The van der Waals surface area contributed by atoms with E-state index in [1.165, 1.54) is 0 Å². The van der Waals surface area contributed by atoms with Crippen molar-refractivity contribution in [2.45, 2.75) is 12.7 Å². The summed E-state index contributed by atoms with van der Waals surface area (Å²) in [7, 11) is 0. The van der Waals surface area contributed by atoms with Crippen LogP contribution in [-0.2, 0) is 6.61 Å². The monoisotopic (exact) mass is 340 g/mol. The van der Waals surface area contributed by atoms with Crippen LogP contribution < -0.4 is 0 Å². The van der Waals surface area contributed by atoms with Crippen LogP contribution in [0.4, 0.5) is 0 Å². The second-order valence-corrected chi connectivity index (χ2v) is 6.21. The van der Waals surface area contributed by atoms with Gasteiger partial charge < -0.3 is 10.2 Å². The van der Waals surface area contributed by atoms with Crippen LogP contribution in [0.2, 0.25) is 0 Å². The van der Waals surface area contributed by atoms with Crippen molar-refractivity contribution in [1.29, 1.82) is 5.26 Å². The van der Waals surface area contributed by atoms with E-state index < -0.39 is 6.10 Å². The van der Waals surface area contributed by atoms with E-state index in [0.717, 1.165) is 22.3 Å². The Morgan fingerprint density at radius 3 is 2.65 bits per heavy atom. The average molecular weight is 340 g/mol. The third kappa shape index (κ3) is 2.70. The number of hydrogen-bond acceptors (Lipinski definition) is 4. The first-order valence-corrected chi connectivity index (χ1v) is 8.30. The maximum Gasteiger partial charge on any atom is 0.107 e. The minimum absolute atomic E-state index is 0.0259. The van der Waals surface area contributed by atoms with Gasteiger partial charge in [-0.15, -0.1) is 0 Å². The van der Waals surface area contributed by atoms with Crippen molar-refractivity contribution in [3.05, 3.63) is 88.2 Å². The fraction of sp³-hybridized carbons (Fsp3) is 0.0909. The highest BCUT2D eigenvalue weighted by atomic mass is 16.3. The number of aliphatic hydroxyl groups excluding tert-OH is 2. The standard InChI is InChI=1S/C22H16N2O2/c23-11-16-5-2-6-19-18(16)7-8-21-20(22(19)26)10-17(12-24-21)15-4-1-3-14(9-15)13-25/h1-10,12,22,25-26H,13H2. The topological polar surface area (TPSA) is 77.1 Å². The molecular formula is C22H16N2O2. The predicted molar refractivity (Wildman–Crippen MR) is 99.7 cm³/mol. The summed E-state index contributed by atoms with van der Waals surface area (Å²) in [5, 5.41) is 29.6. The Kier molecular flexibility index (Phi) is 4.10. The van der Waals surface area contributed by atoms with Crippen LogP contribution in [0.1, 0.15) is 39.6 Å². The molecule has 4 nitrogen and oxygen atoms in total. The Bertz CT molecular complexity index is 1060. The maximum absolute atomic E-state index is 11.0. The van der Waals surface area contributed by atoms with Gasteiger partial charge in [0.25, 0.3) is 0 Å². The van der Waals surface area contributed by atoms with E-state index in [2.05, 4.69) is 11.1 Å². The molecular weight excluding hydrogens is 324 g/mol. The second-order valence-electron chi connectivity index (χ2n) is 6.21. The molecule has 0 aliphatic heterocycles. The highest BCUT2D eigenvalue weighted by Crippen LogP contribution is 2.35. The molecule has 2 aromatic carbocycles.